The van der Waals surface area contributed by atoms with Crippen LogP contribution < -0.4 is 10.1 Å². The van der Waals surface area contributed by atoms with Gasteiger partial charge in [0.2, 0.25) is 0 Å². The maximum absolute atomic E-state index is 10.1. The van der Waals surface area contributed by atoms with Gasteiger partial charge in [-0.15, -0.1) is 0 Å². The first-order chi connectivity index (χ1) is 9.49. The molecule has 0 fully saturated rings. The van der Waals surface area contributed by atoms with E-state index >= 15 is 0 Å². The molecule has 1 unspecified atom stereocenters. The van der Waals surface area contributed by atoms with Crippen LogP contribution in [0.4, 0.5) is 0 Å². The summed E-state index contributed by atoms with van der Waals surface area (Å²) < 4.78 is 5.45. The third-order valence-corrected chi connectivity index (χ3v) is 3.62. The van der Waals surface area contributed by atoms with Crippen LogP contribution in [0, 0.1) is 0 Å². The maximum atomic E-state index is 10.1. The van der Waals surface area contributed by atoms with Crippen LogP contribution in [-0.4, -0.2) is 41.6 Å². The number of nitrogens with one attached hydrogen (secondary N) is 1. The molecule has 0 spiro atoms. The first-order valence-electron chi connectivity index (χ1n) is 6.98. The van der Waals surface area contributed by atoms with E-state index in [4.69, 9.17) is 16.3 Å². The van der Waals surface area contributed by atoms with Gasteiger partial charge >= 0.3 is 0 Å². The molecular formula is C15H24ClNO3. The molecule has 0 saturated heterocycles. The monoisotopic (exact) mass is 301 g/mol. The fourth-order valence-electron chi connectivity index (χ4n) is 1.78. The van der Waals surface area contributed by atoms with Gasteiger partial charge in [0.25, 0.3) is 0 Å². The van der Waals surface area contributed by atoms with Gasteiger partial charge < -0.3 is 20.3 Å². The Morgan fingerprint density at radius 2 is 2.05 bits per heavy atom. The normalized spacial score (nSPS) is 13.2. The van der Waals surface area contributed by atoms with Gasteiger partial charge in [-0.3, -0.25) is 0 Å². The van der Waals surface area contributed by atoms with Gasteiger partial charge in [-0.2, -0.15) is 0 Å². The van der Waals surface area contributed by atoms with Crippen LogP contribution in [0.25, 0.3) is 0 Å². The number of halogens is 1. The average molecular weight is 302 g/mol. The molecule has 4 nitrogen and oxygen atoms in total. The average Bonchev–Trinajstić information content (AvgIpc) is 2.45. The maximum Gasteiger partial charge on any atom is 0.120 e. The Morgan fingerprint density at radius 3 is 2.65 bits per heavy atom. The van der Waals surface area contributed by atoms with Crippen LogP contribution in [-0.2, 0) is 0 Å². The summed E-state index contributed by atoms with van der Waals surface area (Å²) in [5.41, 5.74) is -0.701. The minimum atomic E-state index is -0.701. The van der Waals surface area contributed by atoms with E-state index in [-0.39, 0.29) is 6.61 Å². The minimum Gasteiger partial charge on any atom is -0.491 e. The van der Waals surface area contributed by atoms with Crippen LogP contribution in [0.3, 0.4) is 0 Å². The molecule has 0 aliphatic heterocycles. The highest BCUT2D eigenvalue weighted by Crippen LogP contribution is 2.17. The van der Waals surface area contributed by atoms with E-state index < -0.39 is 11.7 Å². The number of aliphatic hydroxyl groups is 2. The molecule has 20 heavy (non-hydrogen) atoms. The van der Waals surface area contributed by atoms with Gasteiger partial charge in [0, 0.05) is 18.1 Å². The summed E-state index contributed by atoms with van der Waals surface area (Å²) in [7, 11) is 0. The van der Waals surface area contributed by atoms with E-state index in [9.17, 15) is 10.2 Å². The molecule has 0 radical (unpaired) electrons. The van der Waals surface area contributed by atoms with Crippen molar-refractivity contribution in [2.75, 3.05) is 19.7 Å². The molecule has 0 aliphatic rings. The van der Waals surface area contributed by atoms with Crippen molar-refractivity contribution in [1.29, 1.82) is 0 Å². The lowest BCUT2D eigenvalue weighted by Gasteiger charge is -2.26. The van der Waals surface area contributed by atoms with Gasteiger partial charge in [-0.05, 0) is 31.0 Å². The fraction of sp³-hybridized carbons (Fsp3) is 0.600. The van der Waals surface area contributed by atoms with Crippen molar-refractivity contribution in [3.63, 3.8) is 0 Å². The second kappa shape index (κ2) is 8.47. The number of hydrogen-bond donors (Lipinski definition) is 3. The zero-order valence-corrected chi connectivity index (χ0v) is 12.9. The van der Waals surface area contributed by atoms with Gasteiger partial charge in [0.05, 0.1) is 5.60 Å². The predicted molar refractivity (Wildman–Crippen MR) is 81.4 cm³/mol. The largest absolute Gasteiger partial charge is 0.491 e. The quantitative estimate of drug-likeness (QED) is 0.654. The van der Waals surface area contributed by atoms with Crippen LogP contribution >= 0.6 is 11.6 Å². The van der Waals surface area contributed by atoms with Gasteiger partial charge in [0.1, 0.15) is 18.5 Å². The predicted octanol–water partition coefficient (Wildman–Crippen LogP) is 2.22. The van der Waals surface area contributed by atoms with Crippen molar-refractivity contribution >= 4 is 11.6 Å². The highest BCUT2D eigenvalue weighted by Gasteiger charge is 2.21. The molecule has 0 aliphatic carbocycles. The van der Waals surface area contributed by atoms with Crippen LogP contribution in [0.15, 0.2) is 24.3 Å². The summed E-state index contributed by atoms with van der Waals surface area (Å²) in [6.45, 7) is 4.93. The Morgan fingerprint density at radius 1 is 1.35 bits per heavy atom. The summed E-state index contributed by atoms with van der Waals surface area (Å²) in [5, 5.41) is 23.6. The Bertz CT molecular complexity index is 396. The first kappa shape index (κ1) is 17.2. The molecule has 5 heteroatoms. The Balaban J connectivity index is 2.25. The highest BCUT2D eigenvalue weighted by molar-refractivity contribution is 6.30. The highest BCUT2D eigenvalue weighted by atomic mass is 35.5. The van der Waals surface area contributed by atoms with Crippen molar-refractivity contribution in [2.24, 2.45) is 0 Å². The summed E-state index contributed by atoms with van der Waals surface area (Å²) in [5.74, 6) is 0.634. The molecule has 0 heterocycles. The molecular weight excluding hydrogens is 278 g/mol. The smallest absolute Gasteiger partial charge is 0.120 e. The van der Waals surface area contributed by atoms with Crippen molar-refractivity contribution in [3.05, 3.63) is 29.3 Å². The van der Waals surface area contributed by atoms with E-state index in [2.05, 4.69) is 5.32 Å². The van der Waals surface area contributed by atoms with E-state index in [0.717, 1.165) is 0 Å². The Kier molecular flexibility index (Phi) is 7.30. The Hall–Kier alpha value is -0.810. The molecule has 114 valence electrons. The zero-order chi connectivity index (χ0) is 15.0. The SMILES string of the molecule is CCC(O)(CC)CNCC(O)COc1cccc(Cl)c1. The topological polar surface area (TPSA) is 61.7 Å². The standard InChI is InChI=1S/C15H24ClNO3/c1-3-15(19,4-2)11-17-9-13(18)10-20-14-7-5-6-12(16)8-14/h5-8,13,17-19H,3-4,9-11H2,1-2H3. The molecule has 1 aromatic carbocycles. The summed E-state index contributed by atoms with van der Waals surface area (Å²) in [4.78, 5) is 0. The number of hydrogen-bond acceptors (Lipinski definition) is 4. The van der Waals surface area contributed by atoms with Crippen molar-refractivity contribution in [1.82, 2.24) is 5.32 Å². The summed E-state index contributed by atoms with van der Waals surface area (Å²) >= 11 is 5.84. The van der Waals surface area contributed by atoms with Crippen LogP contribution in [0.1, 0.15) is 26.7 Å². The third kappa shape index (κ3) is 6.09. The lowest BCUT2D eigenvalue weighted by molar-refractivity contribution is 0.0270. The second-order valence-corrected chi connectivity index (χ2v) is 5.42. The molecule has 1 aromatic rings. The lowest BCUT2D eigenvalue weighted by atomic mass is 9.97. The minimum absolute atomic E-state index is 0.185. The fourth-order valence-corrected chi connectivity index (χ4v) is 1.96. The summed E-state index contributed by atoms with van der Waals surface area (Å²) in [6.07, 6.45) is 0.740. The molecule has 0 aromatic heterocycles. The molecule has 3 N–H and O–H groups in total. The van der Waals surface area contributed by atoms with E-state index in [1.165, 1.54) is 0 Å². The van der Waals surface area contributed by atoms with Gasteiger partial charge in [-0.25, -0.2) is 0 Å². The van der Waals surface area contributed by atoms with Gasteiger partial charge in [-0.1, -0.05) is 31.5 Å². The van der Waals surface area contributed by atoms with E-state index in [0.29, 0.717) is 36.7 Å². The molecule has 0 bridgehead atoms. The number of ether oxygens (including phenoxy) is 1. The number of benzene rings is 1. The Labute approximate surface area is 125 Å². The third-order valence-electron chi connectivity index (χ3n) is 3.39. The van der Waals surface area contributed by atoms with E-state index in [1.807, 2.05) is 13.8 Å². The molecule has 1 atom stereocenters. The van der Waals surface area contributed by atoms with E-state index in [1.54, 1.807) is 24.3 Å². The van der Waals surface area contributed by atoms with Crippen LogP contribution in [0.2, 0.25) is 5.02 Å². The first-order valence-corrected chi connectivity index (χ1v) is 7.36. The van der Waals surface area contributed by atoms with Crippen molar-refractivity contribution in [2.45, 2.75) is 38.4 Å². The lowest BCUT2D eigenvalue weighted by Crippen LogP contribution is -2.43. The molecule has 1 rings (SSSR count). The molecule has 0 saturated carbocycles. The summed E-state index contributed by atoms with van der Waals surface area (Å²) in [6, 6.07) is 7.06. The molecule has 0 amide bonds. The second-order valence-electron chi connectivity index (χ2n) is 4.98. The number of aliphatic hydroxyl groups excluding tert-OH is 1. The van der Waals surface area contributed by atoms with Gasteiger partial charge in [0.15, 0.2) is 0 Å². The van der Waals surface area contributed by atoms with Crippen molar-refractivity contribution in [3.8, 4) is 5.75 Å². The number of rotatable bonds is 9. The zero-order valence-electron chi connectivity index (χ0n) is 12.1. The van der Waals surface area contributed by atoms with Crippen molar-refractivity contribution < 1.29 is 14.9 Å². The van der Waals surface area contributed by atoms with Crippen LogP contribution in [0.5, 0.6) is 5.75 Å².